The predicted molar refractivity (Wildman–Crippen MR) is 115 cm³/mol. The standard InChI is InChI=1S/C25H16N2O2/c28-25-23-22(17-9-3-4-11-20(17)29-25)21-16-8-2-1-7-15(16)12-13-18(21)27-24(23)19-10-5-6-14-26-19/h1-14,24,27H/t24-/m1/s1. The van der Waals surface area contributed by atoms with Gasteiger partial charge in [0.25, 0.3) is 0 Å². The summed E-state index contributed by atoms with van der Waals surface area (Å²) >= 11 is 0. The molecule has 2 aromatic heterocycles. The lowest BCUT2D eigenvalue weighted by molar-refractivity contribution is 0.547. The molecule has 4 heteroatoms. The monoisotopic (exact) mass is 376 g/mol. The second kappa shape index (κ2) is 6.04. The first-order valence-corrected chi connectivity index (χ1v) is 9.56. The highest BCUT2D eigenvalue weighted by Gasteiger charge is 2.32. The molecule has 0 amide bonds. The van der Waals surface area contributed by atoms with Crippen LogP contribution in [-0.2, 0) is 0 Å². The summed E-state index contributed by atoms with van der Waals surface area (Å²) in [4.78, 5) is 17.7. The van der Waals surface area contributed by atoms with Gasteiger partial charge >= 0.3 is 5.63 Å². The van der Waals surface area contributed by atoms with Crippen LogP contribution in [0, 0.1) is 0 Å². The Labute approximate surface area is 166 Å². The smallest absolute Gasteiger partial charge is 0.342 e. The van der Waals surface area contributed by atoms with Crippen LogP contribution >= 0.6 is 0 Å². The molecule has 5 aromatic rings. The van der Waals surface area contributed by atoms with Gasteiger partial charge in [0.1, 0.15) is 11.6 Å². The maximum atomic E-state index is 13.2. The maximum absolute atomic E-state index is 13.2. The first kappa shape index (κ1) is 16.1. The number of hydrogen-bond donors (Lipinski definition) is 1. The minimum atomic E-state index is -0.374. The van der Waals surface area contributed by atoms with Crippen LogP contribution in [0.2, 0.25) is 0 Å². The Morgan fingerprint density at radius 3 is 2.45 bits per heavy atom. The first-order chi connectivity index (χ1) is 14.3. The fourth-order valence-corrected chi connectivity index (χ4v) is 4.35. The Morgan fingerprint density at radius 2 is 1.59 bits per heavy atom. The lowest BCUT2D eigenvalue weighted by atomic mass is 9.84. The van der Waals surface area contributed by atoms with E-state index in [0.29, 0.717) is 11.1 Å². The van der Waals surface area contributed by atoms with Gasteiger partial charge in [0, 0.05) is 28.4 Å². The normalized spacial score (nSPS) is 15.0. The number of rotatable bonds is 1. The molecule has 4 nitrogen and oxygen atoms in total. The van der Waals surface area contributed by atoms with E-state index in [2.05, 4.69) is 34.6 Å². The zero-order valence-electron chi connectivity index (χ0n) is 15.4. The summed E-state index contributed by atoms with van der Waals surface area (Å²) in [6.07, 6.45) is 1.75. The lowest BCUT2D eigenvalue weighted by Crippen LogP contribution is -2.26. The van der Waals surface area contributed by atoms with Crippen LogP contribution in [-0.4, -0.2) is 4.98 Å². The van der Waals surface area contributed by atoms with Gasteiger partial charge in [-0.2, -0.15) is 0 Å². The van der Waals surface area contributed by atoms with E-state index in [0.717, 1.165) is 38.7 Å². The molecule has 29 heavy (non-hydrogen) atoms. The van der Waals surface area contributed by atoms with Crippen molar-refractivity contribution in [1.82, 2.24) is 4.98 Å². The van der Waals surface area contributed by atoms with Crippen molar-refractivity contribution in [2.45, 2.75) is 6.04 Å². The molecule has 138 valence electrons. The first-order valence-electron chi connectivity index (χ1n) is 9.56. The van der Waals surface area contributed by atoms with Crippen LogP contribution in [0.5, 0.6) is 0 Å². The van der Waals surface area contributed by atoms with Crippen molar-refractivity contribution in [3.63, 3.8) is 0 Å². The minimum absolute atomic E-state index is 0.333. The SMILES string of the molecule is O=c1oc2ccccc2c2c1[C@@H](c1ccccn1)Nc1ccc3ccccc3c1-2. The predicted octanol–water partition coefficient (Wildman–Crippen LogP) is 5.52. The van der Waals surface area contributed by atoms with Gasteiger partial charge in [-0.05, 0) is 35.0 Å². The molecule has 0 radical (unpaired) electrons. The summed E-state index contributed by atoms with van der Waals surface area (Å²) in [6.45, 7) is 0. The summed E-state index contributed by atoms with van der Waals surface area (Å²) in [7, 11) is 0. The summed E-state index contributed by atoms with van der Waals surface area (Å²) in [5, 5.41) is 6.71. The van der Waals surface area contributed by atoms with Gasteiger partial charge in [-0.1, -0.05) is 54.6 Å². The van der Waals surface area contributed by atoms with Crippen molar-refractivity contribution in [2.75, 3.05) is 5.32 Å². The number of anilines is 1. The average Bonchev–Trinajstić information content (AvgIpc) is 2.78. The van der Waals surface area contributed by atoms with Gasteiger partial charge in [0.05, 0.1) is 11.3 Å². The Morgan fingerprint density at radius 1 is 0.793 bits per heavy atom. The Hall–Kier alpha value is -3.92. The largest absolute Gasteiger partial charge is 0.422 e. The van der Waals surface area contributed by atoms with Crippen LogP contribution < -0.4 is 10.9 Å². The molecule has 1 atom stereocenters. The Bertz CT molecular complexity index is 1450. The molecule has 1 aliphatic rings. The topological polar surface area (TPSA) is 55.1 Å². The molecule has 0 saturated heterocycles. The van der Waals surface area contributed by atoms with E-state index in [1.807, 2.05) is 54.6 Å². The molecule has 0 aliphatic carbocycles. The van der Waals surface area contributed by atoms with E-state index >= 15 is 0 Å². The zero-order valence-corrected chi connectivity index (χ0v) is 15.4. The van der Waals surface area contributed by atoms with E-state index in [1.165, 1.54) is 0 Å². The van der Waals surface area contributed by atoms with Gasteiger partial charge in [-0.3, -0.25) is 4.98 Å². The number of nitrogens with one attached hydrogen (secondary N) is 1. The number of para-hydroxylation sites is 1. The molecule has 0 unspecified atom stereocenters. The van der Waals surface area contributed by atoms with E-state index in [1.54, 1.807) is 6.20 Å². The molecule has 1 aliphatic heterocycles. The molecule has 3 heterocycles. The van der Waals surface area contributed by atoms with Gasteiger partial charge in [-0.15, -0.1) is 0 Å². The van der Waals surface area contributed by atoms with Crippen LogP contribution in [0.15, 0.2) is 94.3 Å². The van der Waals surface area contributed by atoms with Crippen molar-refractivity contribution in [3.8, 4) is 11.1 Å². The van der Waals surface area contributed by atoms with Crippen LogP contribution in [0.4, 0.5) is 5.69 Å². The van der Waals surface area contributed by atoms with Crippen LogP contribution in [0.3, 0.4) is 0 Å². The van der Waals surface area contributed by atoms with E-state index in [4.69, 9.17) is 4.42 Å². The molecule has 0 fully saturated rings. The molecule has 6 rings (SSSR count). The van der Waals surface area contributed by atoms with Crippen molar-refractivity contribution in [3.05, 3.63) is 107 Å². The number of fused-ring (bicyclic) bond motifs is 7. The third-order valence-corrected chi connectivity index (χ3v) is 5.60. The maximum Gasteiger partial charge on any atom is 0.342 e. The number of pyridine rings is 1. The number of nitrogens with zero attached hydrogens (tertiary/aromatic N) is 1. The summed E-state index contributed by atoms with van der Waals surface area (Å²) in [5.74, 6) is 0. The van der Waals surface area contributed by atoms with E-state index in [-0.39, 0.29) is 11.7 Å². The van der Waals surface area contributed by atoms with Crippen molar-refractivity contribution in [1.29, 1.82) is 0 Å². The second-order valence-corrected chi connectivity index (χ2v) is 7.22. The van der Waals surface area contributed by atoms with Gasteiger partial charge in [-0.25, -0.2) is 4.79 Å². The molecule has 0 spiro atoms. The molecule has 0 bridgehead atoms. The third-order valence-electron chi connectivity index (χ3n) is 5.60. The molecule has 0 saturated carbocycles. The van der Waals surface area contributed by atoms with Crippen molar-refractivity contribution < 1.29 is 4.42 Å². The second-order valence-electron chi connectivity index (χ2n) is 7.22. The van der Waals surface area contributed by atoms with Crippen LogP contribution in [0.1, 0.15) is 17.3 Å². The van der Waals surface area contributed by atoms with Crippen molar-refractivity contribution in [2.24, 2.45) is 0 Å². The Kier molecular flexibility index (Phi) is 3.35. The molecule has 1 N–H and O–H groups in total. The van der Waals surface area contributed by atoms with Crippen molar-refractivity contribution >= 4 is 27.4 Å². The number of benzene rings is 3. The highest BCUT2D eigenvalue weighted by Crippen LogP contribution is 2.47. The van der Waals surface area contributed by atoms with E-state index < -0.39 is 0 Å². The zero-order chi connectivity index (χ0) is 19.4. The molecular weight excluding hydrogens is 360 g/mol. The molecule has 3 aromatic carbocycles. The van der Waals surface area contributed by atoms with E-state index in [9.17, 15) is 4.79 Å². The van der Waals surface area contributed by atoms with Gasteiger partial charge < -0.3 is 9.73 Å². The highest BCUT2D eigenvalue weighted by atomic mass is 16.4. The quantitative estimate of drug-likeness (QED) is 0.391. The number of aromatic nitrogens is 1. The average molecular weight is 376 g/mol. The summed E-state index contributed by atoms with van der Waals surface area (Å²) in [5.41, 5.74) is 4.61. The minimum Gasteiger partial charge on any atom is -0.422 e. The highest BCUT2D eigenvalue weighted by molar-refractivity contribution is 6.11. The summed E-state index contributed by atoms with van der Waals surface area (Å²) < 4.78 is 5.72. The van der Waals surface area contributed by atoms with Gasteiger partial charge in [0.2, 0.25) is 0 Å². The lowest BCUT2D eigenvalue weighted by Gasteiger charge is -2.30. The summed E-state index contributed by atoms with van der Waals surface area (Å²) in [6, 6.07) is 25.5. The van der Waals surface area contributed by atoms with Gasteiger partial charge in [0.15, 0.2) is 0 Å². The fraction of sp³-hybridized carbons (Fsp3) is 0.0400. The van der Waals surface area contributed by atoms with Crippen LogP contribution in [0.25, 0.3) is 32.9 Å². The Balaban J connectivity index is 1.80. The fourth-order valence-electron chi connectivity index (χ4n) is 4.35. The number of hydrogen-bond acceptors (Lipinski definition) is 4. The third kappa shape index (κ3) is 2.32. The molecular formula is C25H16N2O2.